The summed E-state index contributed by atoms with van der Waals surface area (Å²) in [5.74, 6) is 2.60. The molecule has 2 saturated carbocycles. The molecule has 1 N–H and O–H groups in total. The van der Waals surface area contributed by atoms with E-state index in [0.29, 0.717) is 17.7 Å². The lowest BCUT2D eigenvalue weighted by atomic mass is 9.95. The van der Waals surface area contributed by atoms with Gasteiger partial charge in [-0.1, -0.05) is 36.8 Å². The minimum absolute atomic E-state index is 0.0743. The minimum atomic E-state index is -0.0743. The predicted molar refractivity (Wildman–Crippen MR) is 80.8 cm³/mol. The third-order valence-corrected chi connectivity index (χ3v) is 4.94. The van der Waals surface area contributed by atoms with Crippen molar-refractivity contribution >= 4 is 5.91 Å². The number of rotatable bonds is 3. The molecule has 1 amide bonds. The van der Waals surface area contributed by atoms with Crippen LogP contribution < -0.4 is 5.32 Å². The summed E-state index contributed by atoms with van der Waals surface area (Å²) in [7, 11) is 0. The van der Waals surface area contributed by atoms with E-state index >= 15 is 0 Å². The summed E-state index contributed by atoms with van der Waals surface area (Å²) in [5, 5.41) is 3.16. The second-order valence-electron chi connectivity index (χ2n) is 6.28. The van der Waals surface area contributed by atoms with E-state index in [2.05, 4.69) is 5.32 Å². The molecule has 3 atom stereocenters. The van der Waals surface area contributed by atoms with Crippen molar-refractivity contribution in [3.8, 4) is 11.3 Å². The van der Waals surface area contributed by atoms with Crippen molar-refractivity contribution in [1.29, 1.82) is 0 Å². The number of benzene rings is 1. The van der Waals surface area contributed by atoms with Gasteiger partial charge in [-0.2, -0.15) is 0 Å². The van der Waals surface area contributed by atoms with Gasteiger partial charge in [0, 0.05) is 11.6 Å². The Labute approximate surface area is 124 Å². The number of carbonyl (C=O) groups excluding carboxylic acids is 1. The maximum absolute atomic E-state index is 12.3. The van der Waals surface area contributed by atoms with Crippen molar-refractivity contribution in [3.63, 3.8) is 0 Å². The average molecular weight is 281 g/mol. The van der Waals surface area contributed by atoms with Crippen molar-refractivity contribution in [2.24, 2.45) is 11.8 Å². The van der Waals surface area contributed by atoms with E-state index in [-0.39, 0.29) is 5.91 Å². The molecule has 108 valence electrons. The van der Waals surface area contributed by atoms with Gasteiger partial charge < -0.3 is 9.73 Å². The fourth-order valence-corrected chi connectivity index (χ4v) is 3.88. The lowest BCUT2D eigenvalue weighted by molar-refractivity contribution is 0.0895. The van der Waals surface area contributed by atoms with Crippen LogP contribution in [-0.2, 0) is 0 Å². The smallest absolute Gasteiger partial charge is 0.287 e. The number of nitrogens with one attached hydrogen (secondary N) is 1. The third kappa shape index (κ3) is 2.37. The summed E-state index contributed by atoms with van der Waals surface area (Å²) in [4.78, 5) is 12.3. The van der Waals surface area contributed by atoms with E-state index in [0.717, 1.165) is 23.7 Å². The van der Waals surface area contributed by atoms with Gasteiger partial charge in [-0.15, -0.1) is 0 Å². The molecule has 3 heteroatoms. The van der Waals surface area contributed by atoms with Gasteiger partial charge in [-0.05, 0) is 43.2 Å². The Morgan fingerprint density at radius 3 is 2.62 bits per heavy atom. The summed E-state index contributed by atoms with van der Waals surface area (Å²) >= 11 is 0. The number of carbonyl (C=O) groups is 1. The zero-order chi connectivity index (χ0) is 14.2. The van der Waals surface area contributed by atoms with Crippen molar-refractivity contribution in [3.05, 3.63) is 48.2 Å². The van der Waals surface area contributed by atoms with E-state index in [9.17, 15) is 4.79 Å². The molecule has 21 heavy (non-hydrogen) atoms. The van der Waals surface area contributed by atoms with E-state index in [1.807, 2.05) is 36.4 Å². The molecule has 1 aromatic heterocycles. The Morgan fingerprint density at radius 2 is 1.90 bits per heavy atom. The van der Waals surface area contributed by atoms with Gasteiger partial charge in [0.2, 0.25) is 0 Å². The molecule has 0 aliphatic heterocycles. The molecule has 2 bridgehead atoms. The van der Waals surface area contributed by atoms with Crippen LogP contribution in [0.4, 0.5) is 0 Å². The first-order valence-corrected chi connectivity index (χ1v) is 7.76. The molecule has 2 aliphatic rings. The second kappa shape index (κ2) is 5.06. The molecule has 1 heterocycles. The molecule has 0 unspecified atom stereocenters. The summed E-state index contributed by atoms with van der Waals surface area (Å²) in [6.45, 7) is 0. The molecule has 0 radical (unpaired) electrons. The van der Waals surface area contributed by atoms with E-state index < -0.39 is 0 Å². The normalized spacial score (nSPS) is 27.0. The van der Waals surface area contributed by atoms with Crippen LogP contribution in [0.25, 0.3) is 11.3 Å². The molecular formula is C18H19NO2. The Hall–Kier alpha value is -2.03. The first-order chi connectivity index (χ1) is 10.3. The zero-order valence-electron chi connectivity index (χ0n) is 11.9. The molecule has 0 saturated heterocycles. The highest BCUT2D eigenvalue weighted by Crippen LogP contribution is 2.44. The molecule has 2 aromatic rings. The number of fused-ring (bicyclic) bond motifs is 2. The number of hydrogen-bond donors (Lipinski definition) is 1. The van der Waals surface area contributed by atoms with Crippen molar-refractivity contribution in [2.75, 3.05) is 0 Å². The van der Waals surface area contributed by atoms with Crippen LogP contribution in [0.5, 0.6) is 0 Å². The Bertz CT molecular complexity index is 646. The van der Waals surface area contributed by atoms with Crippen LogP contribution in [0.2, 0.25) is 0 Å². The highest BCUT2D eigenvalue weighted by Gasteiger charge is 2.40. The van der Waals surface area contributed by atoms with Crippen molar-refractivity contribution in [2.45, 2.75) is 31.7 Å². The maximum Gasteiger partial charge on any atom is 0.287 e. The fraction of sp³-hybridized carbons (Fsp3) is 0.389. The third-order valence-electron chi connectivity index (χ3n) is 4.94. The first kappa shape index (κ1) is 12.7. The summed E-state index contributed by atoms with van der Waals surface area (Å²) in [6, 6.07) is 13.8. The minimum Gasteiger partial charge on any atom is -0.451 e. The summed E-state index contributed by atoms with van der Waals surface area (Å²) in [5.41, 5.74) is 0.997. The van der Waals surface area contributed by atoms with Crippen LogP contribution in [0, 0.1) is 11.8 Å². The van der Waals surface area contributed by atoms with Gasteiger partial charge in [0.05, 0.1) is 0 Å². The molecule has 2 fully saturated rings. The summed E-state index contributed by atoms with van der Waals surface area (Å²) in [6.07, 6.45) is 5.04. The second-order valence-corrected chi connectivity index (χ2v) is 6.28. The first-order valence-electron chi connectivity index (χ1n) is 7.76. The number of hydrogen-bond acceptors (Lipinski definition) is 2. The lowest BCUT2D eigenvalue weighted by Crippen LogP contribution is -2.38. The topological polar surface area (TPSA) is 42.2 Å². The maximum atomic E-state index is 12.3. The highest BCUT2D eigenvalue weighted by molar-refractivity contribution is 5.92. The van der Waals surface area contributed by atoms with Gasteiger partial charge in [-0.3, -0.25) is 4.79 Å². The Morgan fingerprint density at radius 1 is 1.05 bits per heavy atom. The summed E-state index contributed by atoms with van der Waals surface area (Å²) < 4.78 is 5.71. The molecule has 0 spiro atoms. The van der Waals surface area contributed by atoms with Crippen molar-refractivity contribution in [1.82, 2.24) is 5.32 Å². The van der Waals surface area contributed by atoms with Crippen LogP contribution in [-0.4, -0.2) is 11.9 Å². The Balaban J connectivity index is 1.47. The van der Waals surface area contributed by atoms with Gasteiger partial charge in [-0.25, -0.2) is 0 Å². The van der Waals surface area contributed by atoms with E-state index in [4.69, 9.17) is 4.42 Å². The molecule has 3 nitrogen and oxygen atoms in total. The SMILES string of the molecule is O=C(N[C@@H]1C[C@@H]2CC[C@H]1C2)c1ccc(-c2ccccc2)o1. The van der Waals surface area contributed by atoms with Gasteiger partial charge in [0.15, 0.2) is 5.76 Å². The van der Waals surface area contributed by atoms with Gasteiger partial charge >= 0.3 is 0 Å². The van der Waals surface area contributed by atoms with Gasteiger partial charge in [0.1, 0.15) is 5.76 Å². The highest BCUT2D eigenvalue weighted by atomic mass is 16.3. The van der Waals surface area contributed by atoms with Gasteiger partial charge in [0.25, 0.3) is 5.91 Å². The molecule has 4 rings (SSSR count). The lowest BCUT2D eigenvalue weighted by Gasteiger charge is -2.22. The number of furan rings is 1. The van der Waals surface area contributed by atoms with E-state index in [1.54, 1.807) is 6.07 Å². The zero-order valence-corrected chi connectivity index (χ0v) is 11.9. The largest absolute Gasteiger partial charge is 0.451 e. The predicted octanol–water partition coefficient (Wildman–Crippen LogP) is 3.87. The molecular weight excluding hydrogens is 262 g/mol. The average Bonchev–Trinajstić information content (AvgIpc) is 3.24. The van der Waals surface area contributed by atoms with Crippen molar-refractivity contribution < 1.29 is 9.21 Å². The van der Waals surface area contributed by atoms with Crippen LogP contribution >= 0.6 is 0 Å². The number of amides is 1. The molecule has 2 aliphatic carbocycles. The molecule has 1 aromatic carbocycles. The van der Waals surface area contributed by atoms with E-state index in [1.165, 1.54) is 19.3 Å². The van der Waals surface area contributed by atoms with Crippen LogP contribution in [0.15, 0.2) is 46.9 Å². The monoisotopic (exact) mass is 281 g/mol. The van der Waals surface area contributed by atoms with Crippen LogP contribution in [0.3, 0.4) is 0 Å². The van der Waals surface area contributed by atoms with Crippen LogP contribution in [0.1, 0.15) is 36.2 Å². The quantitative estimate of drug-likeness (QED) is 0.928. The Kier molecular flexibility index (Phi) is 3.06. The fourth-order valence-electron chi connectivity index (χ4n) is 3.88. The standard InChI is InChI=1S/C18H19NO2/c20-18(19-15-11-12-6-7-14(15)10-12)17-9-8-16(21-17)13-4-2-1-3-5-13/h1-5,8-9,12,14-15H,6-7,10-11H2,(H,19,20)/t12-,14+,15-/m1/s1.